The molecule has 3 atom stereocenters. The number of hydrogen-bond acceptors (Lipinski definition) is 2. The van der Waals surface area contributed by atoms with Gasteiger partial charge in [0.25, 0.3) is 0 Å². The number of hydrogen-bond donors (Lipinski definition) is 3. The highest BCUT2D eigenvalue weighted by atomic mass is 16.4. The van der Waals surface area contributed by atoms with E-state index < -0.39 is 5.97 Å². The monoisotopic (exact) mass is 284 g/mol. The number of aliphatic carboxylic acids is 1. The number of rotatable bonds is 6. The molecule has 1 rings (SSSR count). The molecule has 1 aliphatic rings. The van der Waals surface area contributed by atoms with Crippen molar-refractivity contribution in [1.82, 2.24) is 10.6 Å². The Kier molecular flexibility index (Phi) is 6.82. The zero-order chi connectivity index (χ0) is 15.1. The van der Waals surface area contributed by atoms with Gasteiger partial charge in [-0.2, -0.15) is 0 Å². The molecule has 3 N–H and O–H groups in total. The van der Waals surface area contributed by atoms with Crippen LogP contribution < -0.4 is 10.6 Å². The molecule has 1 aliphatic carbocycles. The third-order valence-corrected chi connectivity index (χ3v) is 3.91. The molecule has 20 heavy (non-hydrogen) atoms. The summed E-state index contributed by atoms with van der Waals surface area (Å²) < 4.78 is 0. The fourth-order valence-corrected chi connectivity index (χ4v) is 2.65. The van der Waals surface area contributed by atoms with Crippen LogP contribution in [-0.2, 0) is 4.79 Å². The molecule has 116 valence electrons. The minimum Gasteiger partial charge on any atom is -0.481 e. The van der Waals surface area contributed by atoms with Gasteiger partial charge in [-0.25, -0.2) is 4.79 Å². The van der Waals surface area contributed by atoms with Gasteiger partial charge < -0.3 is 15.7 Å². The molecule has 0 aromatic rings. The van der Waals surface area contributed by atoms with E-state index in [1.165, 1.54) is 0 Å². The van der Waals surface area contributed by atoms with Crippen LogP contribution in [0.3, 0.4) is 0 Å². The van der Waals surface area contributed by atoms with Gasteiger partial charge in [-0.3, -0.25) is 4.79 Å². The van der Waals surface area contributed by atoms with Crippen molar-refractivity contribution in [3.8, 4) is 0 Å². The smallest absolute Gasteiger partial charge is 0.315 e. The highest BCUT2D eigenvalue weighted by Gasteiger charge is 2.27. The van der Waals surface area contributed by atoms with E-state index >= 15 is 0 Å². The summed E-state index contributed by atoms with van der Waals surface area (Å²) in [6.45, 7) is 6.34. The minimum absolute atomic E-state index is 0.0119. The lowest BCUT2D eigenvalue weighted by molar-refractivity contribution is -0.143. The standard InChI is InChI=1S/C15H28N2O3/c1-10(2)7-8-11(3)16-15(20)17-13-6-4-5-12(9-13)14(18)19/h10-13H,4-9H2,1-3H3,(H,18,19)(H2,16,17,20). The molecule has 0 radical (unpaired) electrons. The van der Waals surface area contributed by atoms with E-state index in [0.29, 0.717) is 12.3 Å². The van der Waals surface area contributed by atoms with Crippen molar-refractivity contribution in [2.45, 2.75) is 71.4 Å². The van der Waals surface area contributed by atoms with Crippen LogP contribution in [-0.4, -0.2) is 29.2 Å². The van der Waals surface area contributed by atoms with E-state index in [2.05, 4.69) is 24.5 Å². The quantitative estimate of drug-likeness (QED) is 0.701. The molecule has 0 bridgehead atoms. The Morgan fingerprint density at radius 2 is 1.90 bits per heavy atom. The number of carboxylic acids is 1. The van der Waals surface area contributed by atoms with E-state index in [9.17, 15) is 9.59 Å². The first kappa shape index (κ1) is 16.8. The molecule has 0 aliphatic heterocycles. The molecular weight excluding hydrogens is 256 g/mol. The van der Waals surface area contributed by atoms with Gasteiger partial charge in [-0.1, -0.05) is 20.3 Å². The second-order valence-corrected chi connectivity index (χ2v) is 6.39. The third-order valence-electron chi connectivity index (χ3n) is 3.91. The van der Waals surface area contributed by atoms with Crippen molar-refractivity contribution in [2.75, 3.05) is 0 Å². The number of carbonyl (C=O) groups is 2. The van der Waals surface area contributed by atoms with Crippen LogP contribution in [0.2, 0.25) is 0 Å². The van der Waals surface area contributed by atoms with Gasteiger partial charge in [0.2, 0.25) is 0 Å². The normalized spacial score (nSPS) is 24.2. The molecular formula is C15H28N2O3. The lowest BCUT2D eigenvalue weighted by atomic mass is 9.86. The fourth-order valence-electron chi connectivity index (χ4n) is 2.65. The SMILES string of the molecule is CC(C)CCC(C)NC(=O)NC1CCCC(C(=O)O)C1. The predicted molar refractivity (Wildman–Crippen MR) is 78.6 cm³/mol. The van der Waals surface area contributed by atoms with Gasteiger partial charge in [-0.15, -0.1) is 0 Å². The molecule has 2 amide bonds. The number of nitrogens with one attached hydrogen (secondary N) is 2. The van der Waals surface area contributed by atoms with E-state index in [4.69, 9.17) is 5.11 Å². The Morgan fingerprint density at radius 3 is 2.50 bits per heavy atom. The van der Waals surface area contributed by atoms with Gasteiger partial charge >= 0.3 is 12.0 Å². The largest absolute Gasteiger partial charge is 0.481 e. The molecule has 3 unspecified atom stereocenters. The van der Waals surface area contributed by atoms with E-state index in [-0.39, 0.29) is 24.0 Å². The first-order valence-corrected chi connectivity index (χ1v) is 7.68. The van der Waals surface area contributed by atoms with Crippen LogP contribution in [0.5, 0.6) is 0 Å². The molecule has 0 heterocycles. The molecule has 0 spiro atoms. The first-order chi connectivity index (χ1) is 9.38. The van der Waals surface area contributed by atoms with Crippen molar-refractivity contribution < 1.29 is 14.7 Å². The van der Waals surface area contributed by atoms with Crippen molar-refractivity contribution >= 4 is 12.0 Å². The number of carboxylic acid groups (broad SMARTS) is 1. The average Bonchev–Trinajstić information content (AvgIpc) is 2.36. The molecule has 5 nitrogen and oxygen atoms in total. The van der Waals surface area contributed by atoms with Gasteiger partial charge in [0.05, 0.1) is 5.92 Å². The maximum atomic E-state index is 11.9. The Labute approximate surface area is 121 Å². The molecule has 0 aromatic carbocycles. The Balaban J connectivity index is 2.29. The third kappa shape index (κ3) is 6.26. The fraction of sp³-hybridized carbons (Fsp3) is 0.867. The highest BCUT2D eigenvalue weighted by Crippen LogP contribution is 2.24. The van der Waals surface area contributed by atoms with Crippen molar-refractivity contribution in [1.29, 1.82) is 0 Å². The second-order valence-electron chi connectivity index (χ2n) is 6.39. The lowest BCUT2D eigenvalue weighted by Crippen LogP contribution is -2.47. The average molecular weight is 284 g/mol. The van der Waals surface area contributed by atoms with E-state index in [1.54, 1.807) is 0 Å². The van der Waals surface area contributed by atoms with Crippen LogP contribution in [0.1, 0.15) is 59.3 Å². The molecule has 5 heteroatoms. The van der Waals surface area contributed by atoms with Crippen LogP contribution in [0.15, 0.2) is 0 Å². The lowest BCUT2D eigenvalue weighted by Gasteiger charge is -2.28. The topological polar surface area (TPSA) is 78.4 Å². The van der Waals surface area contributed by atoms with Crippen molar-refractivity contribution in [3.05, 3.63) is 0 Å². The molecule has 1 fully saturated rings. The molecule has 1 saturated carbocycles. The molecule has 0 aromatic heterocycles. The summed E-state index contributed by atoms with van der Waals surface area (Å²) in [7, 11) is 0. The zero-order valence-corrected chi connectivity index (χ0v) is 12.8. The summed E-state index contributed by atoms with van der Waals surface area (Å²) in [5, 5.41) is 14.9. The maximum absolute atomic E-state index is 11.9. The first-order valence-electron chi connectivity index (χ1n) is 7.68. The zero-order valence-electron chi connectivity index (χ0n) is 12.8. The van der Waals surface area contributed by atoms with Crippen LogP contribution in [0.4, 0.5) is 4.79 Å². The molecule has 0 saturated heterocycles. The minimum atomic E-state index is -0.748. The Bertz CT molecular complexity index is 331. The number of urea groups is 1. The summed E-state index contributed by atoms with van der Waals surface area (Å²) in [4.78, 5) is 22.9. The van der Waals surface area contributed by atoms with Gasteiger partial charge in [0, 0.05) is 12.1 Å². The van der Waals surface area contributed by atoms with Crippen LogP contribution in [0, 0.1) is 11.8 Å². The maximum Gasteiger partial charge on any atom is 0.315 e. The second kappa shape index (κ2) is 8.12. The highest BCUT2D eigenvalue weighted by molar-refractivity contribution is 5.75. The predicted octanol–water partition coefficient (Wildman–Crippen LogP) is 2.75. The van der Waals surface area contributed by atoms with Gasteiger partial charge in [0.15, 0.2) is 0 Å². The summed E-state index contributed by atoms with van der Waals surface area (Å²) in [6.07, 6.45) is 5.06. The van der Waals surface area contributed by atoms with E-state index in [1.807, 2.05) is 6.92 Å². The summed E-state index contributed by atoms with van der Waals surface area (Å²) in [5.74, 6) is -0.424. The van der Waals surface area contributed by atoms with Crippen LogP contribution >= 0.6 is 0 Å². The van der Waals surface area contributed by atoms with Crippen molar-refractivity contribution in [2.24, 2.45) is 11.8 Å². The summed E-state index contributed by atoms with van der Waals surface area (Å²) in [5.41, 5.74) is 0. The van der Waals surface area contributed by atoms with Gasteiger partial charge in [0.1, 0.15) is 0 Å². The van der Waals surface area contributed by atoms with Gasteiger partial charge in [-0.05, 0) is 44.9 Å². The number of carbonyl (C=O) groups excluding carboxylic acids is 1. The van der Waals surface area contributed by atoms with Crippen molar-refractivity contribution in [3.63, 3.8) is 0 Å². The Morgan fingerprint density at radius 1 is 1.20 bits per heavy atom. The number of amides is 2. The van der Waals surface area contributed by atoms with E-state index in [0.717, 1.165) is 32.1 Å². The van der Waals surface area contributed by atoms with Crippen LogP contribution in [0.25, 0.3) is 0 Å². The summed E-state index contributed by atoms with van der Waals surface area (Å²) in [6, 6.07) is -0.0318. The summed E-state index contributed by atoms with van der Waals surface area (Å²) >= 11 is 0. The Hall–Kier alpha value is -1.26.